The summed E-state index contributed by atoms with van der Waals surface area (Å²) in [7, 11) is 0. The zero-order valence-corrected chi connectivity index (χ0v) is 17.1. The highest BCUT2D eigenvalue weighted by atomic mass is 19.2. The van der Waals surface area contributed by atoms with Gasteiger partial charge in [-0.05, 0) is 79.8 Å². The monoisotopic (exact) mass is 400 g/mol. The van der Waals surface area contributed by atoms with E-state index in [0.29, 0.717) is 18.6 Å². The first-order valence-electron chi connectivity index (χ1n) is 10.8. The second kappa shape index (κ2) is 10.5. The molecule has 0 saturated heterocycles. The third-order valence-electron chi connectivity index (χ3n) is 5.97. The first-order valence-corrected chi connectivity index (χ1v) is 10.8. The van der Waals surface area contributed by atoms with E-state index in [4.69, 9.17) is 4.74 Å². The first kappa shape index (κ1) is 21.5. The SMILES string of the molecule is CCCC[C@H]1CC[C@H](C(=O)Oc2ccc(CCc3ccc(F)c(F)c3)cc2)CC1. The first-order chi connectivity index (χ1) is 14.0. The molecule has 29 heavy (non-hydrogen) atoms. The third-order valence-corrected chi connectivity index (χ3v) is 5.97. The summed E-state index contributed by atoms with van der Waals surface area (Å²) in [6, 6.07) is 11.5. The molecule has 2 nitrogen and oxygen atoms in total. The van der Waals surface area contributed by atoms with Crippen LogP contribution in [-0.4, -0.2) is 5.97 Å². The van der Waals surface area contributed by atoms with E-state index in [0.717, 1.165) is 48.8 Å². The van der Waals surface area contributed by atoms with Crippen LogP contribution in [0.15, 0.2) is 42.5 Å². The average Bonchev–Trinajstić information content (AvgIpc) is 2.74. The second-order valence-electron chi connectivity index (χ2n) is 8.17. The molecule has 4 heteroatoms. The van der Waals surface area contributed by atoms with Crippen molar-refractivity contribution < 1.29 is 18.3 Å². The summed E-state index contributed by atoms with van der Waals surface area (Å²) in [4.78, 5) is 12.5. The standard InChI is InChI=1S/C25H30F2O2/c1-2-3-4-18-7-12-21(13-8-18)25(28)29-22-14-9-19(10-15-22)5-6-20-11-16-23(26)24(27)17-20/h9-11,14-18,21H,2-8,12-13H2,1H3/t18-,21-. The van der Waals surface area contributed by atoms with Crippen LogP contribution < -0.4 is 4.74 Å². The highest BCUT2D eigenvalue weighted by molar-refractivity contribution is 5.75. The molecule has 2 aromatic carbocycles. The van der Waals surface area contributed by atoms with Gasteiger partial charge in [-0.2, -0.15) is 0 Å². The summed E-state index contributed by atoms with van der Waals surface area (Å²) in [5.41, 5.74) is 1.82. The number of hydrogen-bond acceptors (Lipinski definition) is 2. The Labute approximate surface area is 172 Å². The molecule has 2 aromatic rings. The Bertz CT molecular complexity index is 793. The van der Waals surface area contributed by atoms with Crippen molar-refractivity contribution in [3.8, 4) is 5.75 Å². The Balaban J connectivity index is 1.45. The number of ether oxygens (including phenoxy) is 1. The van der Waals surface area contributed by atoms with Crippen LogP contribution in [0.4, 0.5) is 8.78 Å². The molecule has 0 atom stereocenters. The number of hydrogen-bond donors (Lipinski definition) is 0. The number of carbonyl (C=O) groups is 1. The van der Waals surface area contributed by atoms with Gasteiger partial charge in [0.2, 0.25) is 0 Å². The minimum atomic E-state index is -0.825. The molecule has 1 saturated carbocycles. The third kappa shape index (κ3) is 6.38. The van der Waals surface area contributed by atoms with Crippen molar-refractivity contribution in [2.75, 3.05) is 0 Å². The van der Waals surface area contributed by atoms with Gasteiger partial charge in [0.1, 0.15) is 5.75 Å². The summed E-state index contributed by atoms with van der Waals surface area (Å²) in [6.07, 6.45) is 9.24. The van der Waals surface area contributed by atoms with Gasteiger partial charge in [-0.15, -0.1) is 0 Å². The van der Waals surface area contributed by atoms with Crippen molar-refractivity contribution in [3.63, 3.8) is 0 Å². The number of aryl methyl sites for hydroxylation is 2. The summed E-state index contributed by atoms with van der Waals surface area (Å²) < 4.78 is 31.9. The van der Waals surface area contributed by atoms with Gasteiger partial charge >= 0.3 is 5.97 Å². The number of benzene rings is 2. The van der Waals surface area contributed by atoms with Gasteiger partial charge in [0, 0.05) is 0 Å². The lowest BCUT2D eigenvalue weighted by Crippen LogP contribution is -2.25. The normalized spacial score (nSPS) is 19.1. The van der Waals surface area contributed by atoms with Gasteiger partial charge in [0.15, 0.2) is 11.6 Å². The fourth-order valence-electron chi connectivity index (χ4n) is 4.09. The van der Waals surface area contributed by atoms with Crippen molar-refractivity contribution in [2.45, 2.75) is 64.7 Å². The summed E-state index contributed by atoms with van der Waals surface area (Å²) in [6.45, 7) is 2.22. The summed E-state index contributed by atoms with van der Waals surface area (Å²) in [5, 5.41) is 0. The molecule has 0 radical (unpaired) electrons. The van der Waals surface area contributed by atoms with Crippen molar-refractivity contribution in [1.82, 2.24) is 0 Å². The molecule has 156 valence electrons. The van der Waals surface area contributed by atoms with E-state index in [1.54, 1.807) is 6.07 Å². The number of halogens is 2. The zero-order chi connectivity index (χ0) is 20.6. The second-order valence-corrected chi connectivity index (χ2v) is 8.17. The van der Waals surface area contributed by atoms with E-state index in [9.17, 15) is 13.6 Å². The van der Waals surface area contributed by atoms with E-state index in [1.165, 1.54) is 25.3 Å². The Morgan fingerprint density at radius 2 is 1.59 bits per heavy atom. The van der Waals surface area contributed by atoms with Crippen molar-refractivity contribution in [1.29, 1.82) is 0 Å². The van der Waals surface area contributed by atoms with Crippen LogP contribution in [0.5, 0.6) is 5.75 Å². The molecule has 0 N–H and O–H groups in total. The summed E-state index contributed by atoms with van der Waals surface area (Å²) in [5.74, 6) is -0.402. The molecule has 1 aliphatic carbocycles. The van der Waals surface area contributed by atoms with Gasteiger partial charge in [0.25, 0.3) is 0 Å². The highest BCUT2D eigenvalue weighted by Gasteiger charge is 2.27. The number of esters is 1. The van der Waals surface area contributed by atoms with Gasteiger partial charge in [0.05, 0.1) is 5.92 Å². The molecule has 0 aliphatic heterocycles. The topological polar surface area (TPSA) is 26.3 Å². The molecule has 1 aliphatic rings. The molecular formula is C25H30F2O2. The summed E-state index contributed by atoms with van der Waals surface area (Å²) >= 11 is 0. The van der Waals surface area contributed by atoms with E-state index >= 15 is 0 Å². The zero-order valence-electron chi connectivity index (χ0n) is 17.1. The van der Waals surface area contributed by atoms with Crippen molar-refractivity contribution in [2.24, 2.45) is 11.8 Å². The molecule has 0 unspecified atom stereocenters. The molecule has 0 aromatic heterocycles. The fraction of sp³-hybridized carbons (Fsp3) is 0.480. The van der Waals surface area contributed by atoms with Gasteiger partial charge in [-0.25, -0.2) is 8.78 Å². The average molecular weight is 401 g/mol. The maximum atomic E-state index is 13.3. The van der Waals surface area contributed by atoms with Gasteiger partial charge in [-0.3, -0.25) is 4.79 Å². The lowest BCUT2D eigenvalue weighted by atomic mass is 9.80. The van der Waals surface area contributed by atoms with E-state index < -0.39 is 11.6 Å². The van der Waals surface area contributed by atoms with Crippen LogP contribution in [-0.2, 0) is 17.6 Å². The minimum Gasteiger partial charge on any atom is -0.426 e. The maximum absolute atomic E-state index is 13.3. The van der Waals surface area contributed by atoms with Crippen LogP contribution in [0.1, 0.15) is 63.0 Å². The fourth-order valence-corrected chi connectivity index (χ4v) is 4.09. The smallest absolute Gasteiger partial charge is 0.314 e. The Morgan fingerprint density at radius 3 is 2.24 bits per heavy atom. The molecule has 0 spiro atoms. The van der Waals surface area contributed by atoms with E-state index in [-0.39, 0.29) is 11.9 Å². The predicted molar refractivity (Wildman–Crippen MR) is 111 cm³/mol. The molecule has 3 rings (SSSR count). The van der Waals surface area contributed by atoms with Crippen molar-refractivity contribution >= 4 is 5.97 Å². The number of unbranched alkanes of at least 4 members (excludes halogenated alkanes) is 1. The minimum absolute atomic E-state index is 0.0147. The lowest BCUT2D eigenvalue weighted by Gasteiger charge is -2.27. The molecule has 0 bridgehead atoms. The largest absolute Gasteiger partial charge is 0.426 e. The quantitative estimate of drug-likeness (QED) is 0.366. The Morgan fingerprint density at radius 1 is 0.931 bits per heavy atom. The molecule has 0 heterocycles. The Kier molecular flexibility index (Phi) is 7.79. The maximum Gasteiger partial charge on any atom is 0.314 e. The highest BCUT2D eigenvalue weighted by Crippen LogP contribution is 2.32. The van der Waals surface area contributed by atoms with Crippen LogP contribution in [0.3, 0.4) is 0 Å². The predicted octanol–water partition coefficient (Wildman–Crippen LogP) is 6.65. The molecule has 1 fully saturated rings. The van der Waals surface area contributed by atoms with Crippen LogP contribution in [0.2, 0.25) is 0 Å². The Hall–Kier alpha value is -2.23. The lowest BCUT2D eigenvalue weighted by molar-refractivity contribution is -0.140. The number of carbonyl (C=O) groups excluding carboxylic acids is 1. The van der Waals surface area contributed by atoms with E-state index in [2.05, 4.69) is 6.92 Å². The van der Waals surface area contributed by atoms with Crippen LogP contribution in [0, 0.1) is 23.5 Å². The van der Waals surface area contributed by atoms with E-state index in [1.807, 2.05) is 24.3 Å². The van der Waals surface area contributed by atoms with Gasteiger partial charge in [-0.1, -0.05) is 44.4 Å². The van der Waals surface area contributed by atoms with Crippen LogP contribution >= 0.6 is 0 Å². The van der Waals surface area contributed by atoms with Gasteiger partial charge < -0.3 is 4.74 Å². The number of rotatable bonds is 8. The molecule has 0 amide bonds. The van der Waals surface area contributed by atoms with Crippen molar-refractivity contribution in [3.05, 3.63) is 65.2 Å². The molecular weight excluding hydrogens is 370 g/mol. The van der Waals surface area contributed by atoms with Crippen LogP contribution in [0.25, 0.3) is 0 Å².